The predicted molar refractivity (Wildman–Crippen MR) is 120 cm³/mol. The number of benzene rings is 1. The lowest BCUT2D eigenvalue weighted by molar-refractivity contribution is -0.175. The molecule has 1 saturated heterocycles. The number of aliphatic hydroxyl groups is 1. The van der Waals surface area contributed by atoms with Gasteiger partial charge in [-0.15, -0.1) is 0 Å². The van der Waals surface area contributed by atoms with Crippen molar-refractivity contribution in [2.75, 3.05) is 13.4 Å². The number of β-lactam (4-membered cyclic amide) rings is 1. The fraction of sp³-hybridized carbons (Fsp3) is 0.500. The molecule has 1 aromatic rings. The first-order valence-corrected chi connectivity index (χ1v) is 11.0. The summed E-state index contributed by atoms with van der Waals surface area (Å²) in [4.78, 5) is 50.0. The van der Waals surface area contributed by atoms with Gasteiger partial charge in [-0.1, -0.05) is 12.1 Å². The van der Waals surface area contributed by atoms with Crippen LogP contribution in [0, 0.1) is 11.3 Å². The van der Waals surface area contributed by atoms with E-state index in [2.05, 4.69) is 0 Å². The van der Waals surface area contributed by atoms with Crippen LogP contribution in [0.4, 0.5) is 0 Å². The van der Waals surface area contributed by atoms with Crippen LogP contribution in [-0.4, -0.2) is 59.3 Å². The number of nitrogens with two attached hydrogens (primary N) is 1. The lowest BCUT2D eigenvalue weighted by Gasteiger charge is -2.44. The summed E-state index contributed by atoms with van der Waals surface area (Å²) in [5.41, 5.74) is 5.60. The maximum absolute atomic E-state index is 13.0. The summed E-state index contributed by atoms with van der Waals surface area (Å²) in [6.07, 6.45) is -0.488. The minimum absolute atomic E-state index is 0.0491. The summed E-state index contributed by atoms with van der Waals surface area (Å²) in [5.74, 6) is -2.37. The number of hydrogen-bond acceptors (Lipinski definition) is 8. The Labute approximate surface area is 197 Å². The van der Waals surface area contributed by atoms with Gasteiger partial charge in [0.1, 0.15) is 11.4 Å². The van der Waals surface area contributed by atoms with Gasteiger partial charge in [0.15, 0.2) is 0 Å². The van der Waals surface area contributed by atoms with Crippen molar-refractivity contribution < 1.29 is 38.5 Å². The molecule has 10 heteroatoms. The van der Waals surface area contributed by atoms with Crippen LogP contribution in [0.5, 0.6) is 5.75 Å². The Balaban J connectivity index is 1.84. The van der Waals surface area contributed by atoms with E-state index in [0.29, 0.717) is 23.3 Å². The molecule has 3 N–H and O–H groups in total. The Morgan fingerprint density at radius 3 is 2.56 bits per heavy atom. The van der Waals surface area contributed by atoms with Crippen molar-refractivity contribution in [3.63, 3.8) is 0 Å². The number of ether oxygens (including phenoxy) is 3. The van der Waals surface area contributed by atoms with Crippen LogP contribution in [0.25, 0.3) is 5.57 Å². The molecule has 0 bridgehead atoms. The number of primary amides is 1. The predicted octanol–water partition coefficient (Wildman–Crippen LogP) is 1.35. The van der Waals surface area contributed by atoms with E-state index in [4.69, 9.17) is 19.9 Å². The molecule has 2 amide bonds. The van der Waals surface area contributed by atoms with Gasteiger partial charge in [-0.05, 0) is 57.4 Å². The molecule has 0 saturated carbocycles. The summed E-state index contributed by atoms with van der Waals surface area (Å²) >= 11 is 0. The van der Waals surface area contributed by atoms with Gasteiger partial charge in [0.25, 0.3) is 0 Å². The number of rotatable bonds is 9. The van der Waals surface area contributed by atoms with Gasteiger partial charge < -0.3 is 30.0 Å². The number of amides is 2. The van der Waals surface area contributed by atoms with Crippen LogP contribution in [0.2, 0.25) is 0 Å². The highest BCUT2D eigenvalue weighted by molar-refractivity contribution is 6.06. The Morgan fingerprint density at radius 2 is 1.94 bits per heavy atom. The van der Waals surface area contributed by atoms with Crippen molar-refractivity contribution in [1.29, 1.82) is 0 Å². The third kappa shape index (κ3) is 5.22. The molecule has 3 atom stereocenters. The molecular weight excluding hydrogens is 444 g/mol. The van der Waals surface area contributed by atoms with Crippen LogP contribution >= 0.6 is 0 Å². The van der Waals surface area contributed by atoms with E-state index < -0.39 is 42.1 Å². The summed E-state index contributed by atoms with van der Waals surface area (Å²) in [7, 11) is 0. The summed E-state index contributed by atoms with van der Waals surface area (Å²) in [6, 6.07) is 6.48. The minimum atomic E-state index is -0.874. The van der Waals surface area contributed by atoms with Gasteiger partial charge in [-0.3, -0.25) is 14.4 Å². The van der Waals surface area contributed by atoms with Crippen LogP contribution in [-0.2, 0) is 28.7 Å². The molecule has 0 radical (unpaired) electrons. The molecule has 0 aromatic heterocycles. The second kappa shape index (κ2) is 9.84. The van der Waals surface area contributed by atoms with E-state index in [-0.39, 0.29) is 30.7 Å². The molecule has 34 heavy (non-hydrogen) atoms. The van der Waals surface area contributed by atoms with Gasteiger partial charge in [-0.2, -0.15) is 0 Å². The largest absolute Gasteiger partial charge is 0.493 e. The highest BCUT2D eigenvalue weighted by Crippen LogP contribution is 2.47. The molecule has 1 fully saturated rings. The zero-order valence-electron chi connectivity index (χ0n) is 19.7. The van der Waals surface area contributed by atoms with Crippen molar-refractivity contribution in [2.45, 2.75) is 52.7 Å². The fourth-order valence-electron chi connectivity index (χ4n) is 3.98. The first-order valence-electron chi connectivity index (χ1n) is 11.0. The topological polar surface area (TPSA) is 145 Å². The summed E-state index contributed by atoms with van der Waals surface area (Å²) in [5, 5.41) is 10.0. The third-order valence-electron chi connectivity index (χ3n) is 5.71. The highest BCUT2D eigenvalue weighted by Gasteiger charge is 2.57. The molecule has 184 valence electrons. The number of esters is 2. The average molecular weight is 475 g/mol. The van der Waals surface area contributed by atoms with Crippen molar-refractivity contribution >= 4 is 29.3 Å². The van der Waals surface area contributed by atoms with Crippen molar-refractivity contribution in [1.82, 2.24) is 4.90 Å². The maximum atomic E-state index is 13.0. The van der Waals surface area contributed by atoms with E-state index in [1.54, 1.807) is 45.0 Å². The number of carbonyl (C=O) groups excluding carboxylic acids is 4. The zero-order valence-corrected chi connectivity index (χ0v) is 19.7. The van der Waals surface area contributed by atoms with Crippen LogP contribution < -0.4 is 10.5 Å². The van der Waals surface area contributed by atoms with E-state index >= 15 is 0 Å². The molecule has 3 rings (SSSR count). The van der Waals surface area contributed by atoms with Gasteiger partial charge in [0.05, 0.1) is 36.5 Å². The molecule has 0 aliphatic carbocycles. The Kier molecular flexibility index (Phi) is 7.30. The zero-order chi connectivity index (χ0) is 25.2. The highest BCUT2D eigenvalue weighted by atomic mass is 16.7. The molecule has 2 aliphatic heterocycles. The van der Waals surface area contributed by atoms with E-state index in [1.807, 2.05) is 0 Å². The molecule has 2 aliphatic rings. The lowest BCUT2D eigenvalue weighted by atomic mass is 9.82. The number of nitrogens with zero attached hydrogens (tertiary/aromatic N) is 1. The standard InChI is InChI=1S/C24H30N2O8/c1-13(27)19-17-11-16(14-6-5-7-15(10-14)32-9-8-18(25)28)20(26(17)21(19)29)22(30)33-12-34-23(31)24(2,3)4/h5-7,10,13,17,19,27H,8-9,11-12H2,1-4H3,(H2,25,28)/t13-,17-,19-/m1/s1. The first kappa shape index (κ1) is 25.2. The number of hydrogen-bond donors (Lipinski definition) is 2. The first-order chi connectivity index (χ1) is 15.9. The van der Waals surface area contributed by atoms with Crippen molar-refractivity contribution in [3.05, 3.63) is 35.5 Å². The molecule has 10 nitrogen and oxygen atoms in total. The van der Waals surface area contributed by atoms with E-state index in [0.717, 1.165) is 0 Å². The number of fused-ring (bicyclic) bond motifs is 1. The number of aliphatic hydroxyl groups excluding tert-OH is 1. The fourth-order valence-corrected chi connectivity index (χ4v) is 3.98. The van der Waals surface area contributed by atoms with Crippen molar-refractivity contribution in [3.8, 4) is 5.75 Å². The molecule has 1 aromatic carbocycles. The van der Waals surface area contributed by atoms with E-state index in [9.17, 15) is 24.3 Å². The second-order valence-electron chi connectivity index (χ2n) is 9.40. The van der Waals surface area contributed by atoms with E-state index in [1.165, 1.54) is 11.8 Å². The minimum Gasteiger partial charge on any atom is -0.493 e. The average Bonchev–Trinajstić information content (AvgIpc) is 3.07. The maximum Gasteiger partial charge on any atom is 0.358 e. The molecule has 2 heterocycles. The Hall–Kier alpha value is -3.40. The normalized spacial score (nSPS) is 20.4. The summed E-state index contributed by atoms with van der Waals surface area (Å²) in [6.45, 7) is 6.07. The third-order valence-corrected chi connectivity index (χ3v) is 5.71. The lowest BCUT2D eigenvalue weighted by Crippen LogP contribution is -2.61. The van der Waals surface area contributed by atoms with Crippen molar-refractivity contribution in [2.24, 2.45) is 17.1 Å². The summed E-state index contributed by atoms with van der Waals surface area (Å²) < 4.78 is 15.8. The van der Waals surface area contributed by atoms with Crippen LogP contribution in [0.1, 0.15) is 46.1 Å². The quantitative estimate of drug-likeness (QED) is 0.310. The SMILES string of the molecule is C[C@@H](O)[C@H]1C(=O)N2C(C(=O)OCOC(=O)C(C)(C)C)=C(c3cccc(OCCC(N)=O)c3)C[C@H]12. The molecule has 0 unspecified atom stereocenters. The smallest absolute Gasteiger partial charge is 0.358 e. The van der Waals surface area contributed by atoms with Gasteiger partial charge in [0, 0.05) is 0 Å². The molecule has 0 spiro atoms. The monoisotopic (exact) mass is 474 g/mol. The van der Waals surface area contributed by atoms with Crippen LogP contribution in [0.3, 0.4) is 0 Å². The number of carbonyl (C=O) groups is 4. The van der Waals surface area contributed by atoms with Crippen LogP contribution in [0.15, 0.2) is 30.0 Å². The molecular formula is C24H30N2O8. The second-order valence-corrected chi connectivity index (χ2v) is 9.40. The van der Waals surface area contributed by atoms with Gasteiger partial charge in [-0.25, -0.2) is 4.79 Å². The van der Waals surface area contributed by atoms with Gasteiger partial charge in [0.2, 0.25) is 18.6 Å². The van der Waals surface area contributed by atoms with Gasteiger partial charge >= 0.3 is 11.9 Å². The Morgan fingerprint density at radius 1 is 1.24 bits per heavy atom. The Bertz CT molecular complexity index is 1020.